The molecule has 0 radical (unpaired) electrons. The Hall–Kier alpha value is -2.25. The number of hydrogen-bond acceptors (Lipinski definition) is 5. The van der Waals surface area contributed by atoms with Gasteiger partial charge >= 0.3 is 5.97 Å². The van der Waals surface area contributed by atoms with Gasteiger partial charge in [0.1, 0.15) is 6.54 Å². The van der Waals surface area contributed by atoms with Gasteiger partial charge in [0.15, 0.2) is 17.3 Å². The lowest BCUT2D eigenvalue weighted by molar-refractivity contribution is -0.384. The highest BCUT2D eigenvalue weighted by Crippen LogP contribution is 2.32. The summed E-state index contributed by atoms with van der Waals surface area (Å²) in [6.45, 7) is 1.50. The van der Waals surface area contributed by atoms with E-state index in [1.165, 1.54) is 0 Å². The molecular weight excluding hydrogens is 274 g/mol. The van der Waals surface area contributed by atoms with Crippen molar-refractivity contribution in [3.05, 3.63) is 33.9 Å². The first-order chi connectivity index (χ1) is 9.42. The predicted octanol–water partition coefficient (Wildman–Crippen LogP) is 2.26. The zero-order chi connectivity index (χ0) is 15.3. The number of halogens is 2. The molecule has 0 fully saturated rings. The number of methoxy groups -OCH3 is 1. The molecule has 110 valence electrons. The summed E-state index contributed by atoms with van der Waals surface area (Å²) in [5, 5.41) is 10.9. The van der Waals surface area contributed by atoms with Gasteiger partial charge in [-0.1, -0.05) is 6.92 Å². The maximum absolute atomic E-state index is 13.9. The van der Waals surface area contributed by atoms with Crippen LogP contribution in [-0.2, 0) is 9.53 Å². The molecule has 0 heterocycles. The summed E-state index contributed by atoms with van der Waals surface area (Å²) in [7, 11) is 1.14. The van der Waals surface area contributed by atoms with Gasteiger partial charge in [-0.2, -0.15) is 0 Å². The zero-order valence-electron chi connectivity index (χ0n) is 11.1. The average Bonchev–Trinajstić information content (AvgIpc) is 2.40. The monoisotopic (exact) mass is 288 g/mol. The van der Waals surface area contributed by atoms with Crippen LogP contribution in [0.3, 0.4) is 0 Å². The molecule has 0 N–H and O–H groups in total. The first kappa shape index (κ1) is 15.8. The van der Waals surface area contributed by atoms with Crippen LogP contribution in [-0.4, -0.2) is 31.1 Å². The molecule has 0 aliphatic carbocycles. The molecule has 0 bridgehead atoms. The van der Waals surface area contributed by atoms with Crippen LogP contribution < -0.4 is 4.90 Å². The molecule has 0 spiro atoms. The number of nitrogens with zero attached hydrogens (tertiary/aromatic N) is 2. The molecule has 20 heavy (non-hydrogen) atoms. The van der Waals surface area contributed by atoms with E-state index in [4.69, 9.17) is 0 Å². The highest BCUT2D eigenvalue weighted by atomic mass is 19.2. The van der Waals surface area contributed by atoms with E-state index in [9.17, 15) is 23.7 Å². The van der Waals surface area contributed by atoms with Crippen molar-refractivity contribution in [3.63, 3.8) is 0 Å². The molecule has 0 atom stereocenters. The third-order valence-electron chi connectivity index (χ3n) is 2.60. The SMILES string of the molecule is CCCN(CC(=O)OC)c1c([N+](=O)[O-])ccc(F)c1F. The zero-order valence-corrected chi connectivity index (χ0v) is 11.1. The van der Waals surface area contributed by atoms with Crippen LogP contribution in [0.15, 0.2) is 12.1 Å². The number of nitro groups is 1. The van der Waals surface area contributed by atoms with Gasteiger partial charge in [0.25, 0.3) is 5.69 Å². The van der Waals surface area contributed by atoms with Crippen LogP contribution in [0.25, 0.3) is 0 Å². The minimum absolute atomic E-state index is 0.149. The van der Waals surface area contributed by atoms with Crippen LogP contribution in [0.4, 0.5) is 20.2 Å². The highest BCUT2D eigenvalue weighted by molar-refractivity contribution is 5.78. The van der Waals surface area contributed by atoms with E-state index < -0.39 is 40.4 Å². The van der Waals surface area contributed by atoms with E-state index in [1.807, 2.05) is 0 Å². The summed E-state index contributed by atoms with van der Waals surface area (Å²) in [5.41, 5.74) is -1.14. The number of anilines is 1. The smallest absolute Gasteiger partial charge is 0.325 e. The number of rotatable bonds is 6. The fourth-order valence-electron chi connectivity index (χ4n) is 1.74. The molecular formula is C12H14F2N2O4. The Morgan fingerprint density at radius 1 is 1.45 bits per heavy atom. The molecule has 1 rings (SSSR count). The maximum atomic E-state index is 13.9. The Labute approximate surface area is 114 Å². The third kappa shape index (κ3) is 3.40. The molecule has 0 aliphatic rings. The summed E-state index contributed by atoms with van der Waals surface area (Å²) in [6.07, 6.45) is 0.490. The van der Waals surface area contributed by atoms with Crippen molar-refractivity contribution in [2.24, 2.45) is 0 Å². The second kappa shape index (κ2) is 6.78. The summed E-state index contributed by atoms with van der Waals surface area (Å²) >= 11 is 0. The van der Waals surface area contributed by atoms with Crippen LogP contribution in [0.5, 0.6) is 0 Å². The summed E-state index contributed by atoms with van der Waals surface area (Å²) in [5.74, 6) is -3.26. The standard InChI is InChI=1S/C12H14F2N2O4/c1-3-6-15(7-10(17)20-2)12-9(16(18)19)5-4-8(13)11(12)14/h4-5H,3,6-7H2,1-2H3. The fraction of sp³-hybridized carbons (Fsp3) is 0.417. The van der Waals surface area contributed by atoms with Gasteiger partial charge in [-0.3, -0.25) is 14.9 Å². The van der Waals surface area contributed by atoms with Crippen molar-refractivity contribution in [3.8, 4) is 0 Å². The predicted molar refractivity (Wildman–Crippen MR) is 67.5 cm³/mol. The Morgan fingerprint density at radius 3 is 2.60 bits per heavy atom. The number of esters is 1. The summed E-state index contributed by atoms with van der Waals surface area (Å²) < 4.78 is 31.6. The molecule has 0 saturated heterocycles. The molecule has 1 aromatic carbocycles. The van der Waals surface area contributed by atoms with Crippen molar-refractivity contribution in [1.29, 1.82) is 0 Å². The van der Waals surface area contributed by atoms with Crippen molar-refractivity contribution in [1.82, 2.24) is 0 Å². The number of benzene rings is 1. The quantitative estimate of drug-likeness (QED) is 0.456. The molecule has 1 aromatic rings. The van der Waals surface area contributed by atoms with E-state index in [1.54, 1.807) is 6.92 Å². The number of carbonyl (C=O) groups is 1. The number of hydrogen-bond donors (Lipinski definition) is 0. The Morgan fingerprint density at radius 2 is 2.10 bits per heavy atom. The molecule has 0 amide bonds. The van der Waals surface area contributed by atoms with Gasteiger partial charge in [-0.05, 0) is 12.5 Å². The molecule has 0 aromatic heterocycles. The van der Waals surface area contributed by atoms with E-state index in [0.717, 1.165) is 18.1 Å². The molecule has 6 nitrogen and oxygen atoms in total. The van der Waals surface area contributed by atoms with Crippen molar-refractivity contribution in [2.45, 2.75) is 13.3 Å². The second-order valence-electron chi connectivity index (χ2n) is 3.98. The van der Waals surface area contributed by atoms with Gasteiger partial charge in [-0.25, -0.2) is 8.78 Å². The third-order valence-corrected chi connectivity index (χ3v) is 2.60. The first-order valence-electron chi connectivity index (χ1n) is 5.86. The maximum Gasteiger partial charge on any atom is 0.325 e. The number of nitro benzene ring substituents is 1. The second-order valence-corrected chi connectivity index (χ2v) is 3.98. The Balaban J connectivity index is 3.33. The lowest BCUT2D eigenvalue weighted by Gasteiger charge is -2.23. The fourth-order valence-corrected chi connectivity index (χ4v) is 1.74. The Bertz CT molecular complexity index is 522. The van der Waals surface area contributed by atoms with Crippen LogP contribution >= 0.6 is 0 Å². The lowest BCUT2D eigenvalue weighted by Crippen LogP contribution is -2.32. The molecule has 0 saturated carbocycles. The summed E-state index contributed by atoms with van der Waals surface area (Å²) in [4.78, 5) is 22.5. The average molecular weight is 288 g/mol. The van der Waals surface area contributed by atoms with Gasteiger partial charge in [-0.15, -0.1) is 0 Å². The van der Waals surface area contributed by atoms with Gasteiger partial charge in [0.2, 0.25) is 0 Å². The van der Waals surface area contributed by atoms with Gasteiger partial charge < -0.3 is 9.64 Å². The van der Waals surface area contributed by atoms with Crippen molar-refractivity contribution < 1.29 is 23.2 Å². The molecule has 0 aliphatic heterocycles. The molecule has 0 unspecified atom stereocenters. The number of carbonyl (C=O) groups excluding carboxylic acids is 1. The first-order valence-corrected chi connectivity index (χ1v) is 5.86. The molecule has 8 heteroatoms. The summed E-state index contributed by atoms with van der Waals surface area (Å²) in [6, 6.07) is 1.55. The highest BCUT2D eigenvalue weighted by Gasteiger charge is 2.27. The van der Waals surface area contributed by atoms with E-state index in [-0.39, 0.29) is 6.54 Å². The van der Waals surface area contributed by atoms with E-state index >= 15 is 0 Å². The van der Waals surface area contributed by atoms with Crippen LogP contribution in [0.1, 0.15) is 13.3 Å². The van der Waals surface area contributed by atoms with Crippen LogP contribution in [0, 0.1) is 21.7 Å². The van der Waals surface area contributed by atoms with Crippen LogP contribution in [0.2, 0.25) is 0 Å². The number of ether oxygens (including phenoxy) is 1. The topological polar surface area (TPSA) is 72.7 Å². The lowest BCUT2D eigenvalue weighted by atomic mass is 10.2. The normalized spacial score (nSPS) is 10.2. The van der Waals surface area contributed by atoms with Gasteiger partial charge in [0.05, 0.1) is 12.0 Å². The van der Waals surface area contributed by atoms with Gasteiger partial charge in [0, 0.05) is 12.6 Å². The van der Waals surface area contributed by atoms with E-state index in [2.05, 4.69) is 4.74 Å². The van der Waals surface area contributed by atoms with Crippen molar-refractivity contribution in [2.75, 3.05) is 25.1 Å². The minimum Gasteiger partial charge on any atom is -0.468 e. The van der Waals surface area contributed by atoms with Crippen molar-refractivity contribution >= 4 is 17.3 Å². The Kier molecular flexibility index (Phi) is 5.36. The minimum atomic E-state index is -1.35. The van der Waals surface area contributed by atoms with E-state index in [0.29, 0.717) is 12.5 Å². The largest absolute Gasteiger partial charge is 0.468 e.